The molecule has 0 unspecified atom stereocenters. The zero-order chi connectivity index (χ0) is 22.1. The standard InChI is InChI=1S/C23H28Cl2N2O3/c1-4-21(23(29)26-13-16(2)3)27(14-17-10-11-19(24)20(25)12-17)22(28)15-30-18-8-6-5-7-9-18/h5-12,16,21H,4,13-15H2,1-3H3,(H,26,29)/t21-/m0/s1. The number of nitrogens with zero attached hydrogens (tertiary/aromatic N) is 1. The van der Waals surface area contributed by atoms with Crippen molar-refractivity contribution < 1.29 is 14.3 Å². The molecule has 2 amide bonds. The van der Waals surface area contributed by atoms with Gasteiger partial charge in [0.25, 0.3) is 5.91 Å². The van der Waals surface area contributed by atoms with Crippen LogP contribution >= 0.6 is 23.2 Å². The van der Waals surface area contributed by atoms with Crippen molar-refractivity contribution in [2.45, 2.75) is 39.8 Å². The Morgan fingerprint density at radius 2 is 1.77 bits per heavy atom. The molecule has 0 spiro atoms. The number of hydrogen-bond acceptors (Lipinski definition) is 3. The number of carbonyl (C=O) groups is 2. The highest BCUT2D eigenvalue weighted by atomic mass is 35.5. The maximum atomic E-state index is 13.1. The summed E-state index contributed by atoms with van der Waals surface area (Å²) in [5.74, 6) is 0.445. The molecule has 0 aliphatic rings. The highest BCUT2D eigenvalue weighted by Gasteiger charge is 2.29. The average molecular weight is 451 g/mol. The third-order valence-corrected chi connectivity index (χ3v) is 5.25. The van der Waals surface area contributed by atoms with Crippen molar-refractivity contribution in [1.82, 2.24) is 10.2 Å². The Labute approximate surface area is 188 Å². The summed E-state index contributed by atoms with van der Waals surface area (Å²) in [4.78, 5) is 27.4. The summed E-state index contributed by atoms with van der Waals surface area (Å²) in [7, 11) is 0. The number of hydrogen-bond donors (Lipinski definition) is 1. The van der Waals surface area contributed by atoms with E-state index in [9.17, 15) is 9.59 Å². The van der Waals surface area contributed by atoms with Gasteiger partial charge in [0.15, 0.2) is 6.61 Å². The van der Waals surface area contributed by atoms with Crippen molar-refractivity contribution in [3.8, 4) is 5.75 Å². The van der Waals surface area contributed by atoms with Gasteiger partial charge in [-0.15, -0.1) is 0 Å². The summed E-state index contributed by atoms with van der Waals surface area (Å²) < 4.78 is 5.63. The molecule has 0 radical (unpaired) electrons. The third-order valence-electron chi connectivity index (χ3n) is 4.51. The molecule has 30 heavy (non-hydrogen) atoms. The van der Waals surface area contributed by atoms with Crippen LogP contribution in [-0.4, -0.2) is 35.9 Å². The van der Waals surface area contributed by atoms with E-state index in [2.05, 4.69) is 5.32 Å². The first-order chi connectivity index (χ1) is 14.3. The number of para-hydroxylation sites is 1. The van der Waals surface area contributed by atoms with Gasteiger partial charge >= 0.3 is 0 Å². The summed E-state index contributed by atoms with van der Waals surface area (Å²) in [6, 6.07) is 13.7. The van der Waals surface area contributed by atoms with Crippen LogP contribution < -0.4 is 10.1 Å². The van der Waals surface area contributed by atoms with Crippen LogP contribution in [0.4, 0.5) is 0 Å². The van der Waals surface area contributed by atoms with Gasteiger partial charge in [-0.3, -0.25) is 9.59 Å². The Morgan fingerprint density at radius 3 is 2.37 bits per heavy atom. The predicted molar refractivity (Wildman–Crippen MR) is 121 cm³/mol. The molecule has 1 N–H and O–H groups in total. The quantitative estimate of drug-likeness (QED) is 0.556. The van der Waals surface area contributed by atoms with Crippen LogP contribution in [0.2, 0.25) is 10.0 Å². The summed E-state index contributed by atoms with van der Waals surface area (Å²) >= 11 is 12.2. The summed E-state index contributed by atoms with van der Waals surface area (Å²) in [5.41, 5.74) is 0.785. The van der Waals surface area contributed by atoms with E-state index >= 15 is 0 Å². The molecule has 2 aromatic carbocycles. The number of amides is 2. The average Bonchev–Trinajstić information content (AvgIpc) is 2.73. The van der Waals surface area contributed by atoms with Gasteiger partial charge in [-0.1, -0.05) is 68.2 Å². The van der Waals surface area contributed by atoms with Gasteiger partial charge in [0.05, 0.1) is 10.0 Å². The second-order valence-corrected chi connectivity index (χ2v) is 8.25. The van der Waals surface area contributed by atoms with E-state index in [0.717, 1.165) is 5.56 Å². The Kier molecular flexibility index (Phi) is 9.47. The lowest BCUT2D eigenvalue weighted by atomic mass is 10.1. The fraction of sp³-hybridized carbons (Fsp3) is 0.391. The van der Waals surface area contributed by atoms with E-state index in [4.69, 9.17) is 27.9 Å². The normalized spacial score (nSPS) is 11.8. The van der Waals surface area contributed by atoms with E-state index in [1.807, 2.05) is 39.0 Å². The molecule has 0 heterocycles. The minimum Gasteiger partial charge on any atom is -0.484 e. The number of benzene rings is 2. The van der Waals surface area contributed by atoms with Gasteiger partial charge < -0.3 is 15.0 Å². The van der Waals surface area contributed by atoms with Crippen molar-refractivity contribution in [2.75, 3.05) is 13.2 Å². The fourth-order valence-electron chi connectivity index (χ4n) is 2.92. The predicted octanol–water partition coefficient (Wildman–Crippen LogP) is 4.95. The second kappa shape index (κ2) is 11.8. The largest absolute Gasteiger partial charge is 0.484 e. The lowest BCUT2D eigenvalue weighted by Gasteiger charge is -2.31. The molecule has 0 aromatic heterocycles. The Balaban J connectivity index is 2.21. The van der Waals surface area contributed by atoms with E-state index in [1.54, 1.807) is 30.3 Å². The minimum atomic E-state index is -0.620. The lowest BCUT2D eigenvalue weighted by Crippen LogP contribution is -2.50. The Hall–Kier alpha value is -2.24. The van der Waals surface area contributed by atoms with Gasteiger partial charge in [-0.2, -0.15) is 0 Å². The molecule has 0 bridgehead atoms. The highest BCUT2D eigenvalue weighted by Crippen LogP contribution is 2.24. The number of nitrogens with one attached hydrogen (secondary N) is 1. The van der Waals surface area contributed by atoms with Crippen molar-refractivity contribution >= 4 is 35.0 Å². The van der Waals surface area contributed by atoms with E-state index in [-0.39, 0.29) is 25.0 Å². The van der Waals surface area contributed by atoms with Gasteiger partial charge in [-0.25, -0.2) is 0 Å². The molecule has 0 fully saturated rings. The molecule has 1 atom stereocenters. The van der Waals surface area contributed by atoms with Crippen LogP contribution in [0.25, 0.3) is 0 Å². The molecule has 0 aliphatic heterocycles. The molecule has 2 aromatic rings. The monoisotopic (exact) mass is 450 g/mol. The first-order valence-corrected chi connectivity index (χ1v) is 10.8. The van der Waals surface area contributed by atoms with E-state index in [1.165, 1.54) is 4.90 Å². The van der Waals surface area contributed by atoms with Crippen LogP contribution in [-0.2, 0) is 16.1 Å². The van der Waals surface area contributed by atoms with Gasteiger partial charge in [0.1, 0.15) is 11.8 Å². The second-order valence-electron chi connectivity index (χ2n) is 7.43. The van der Waals surface area contributed by atoms with Crippen LogP contribution in [0.5, 0.6) is 5.75 Å². The SMILES string of the molecule is CC[C@@H](C(=O)NCC(C)C)N(Cc1ccc(Cl)c(Cl)c1)C(=O)COc1ccccc1. The molecule has 162 valence electrons. The molecular weight excluding hydrogens is 423 g/mol. The number of carbonyl (C=O) groups excluding carboxylic acids is 2. The molecule has 7 heteroatoms. The zero-order valence-corrected chi connectivity index (χ0v) is 19.0. The molecule has 0 aliphatic carbocycles. The number of rotatable bonds is 10. The van der Waals surface area contributed by atoms with E-state index < -0.39 is 6.04 Å². The molecule has 0 saturated heterocycles. The summed E-state index contributed by atoms with van der Waals surface area (Å²) in [6.45, 7) is 6.53. The Morgan fingerprint density at radius 1 is 1.07 bits per heavy atom. The zero-order valence-electron chi connectivity index (χ0n) is 17.5. The third kappa shape index (κ3) is 7.22. The first-order valence-electron chi connectivity index (χ1n) is 10.0. The minimum absolute atomic E-state index is 0.167. The van der Waals surface area contributed by atoms with E-state index in [0.29, 0.717) is 34.7 Å². The topological polar surface area (TPSA) is 58.6 Å². The van der Waals surface area contributed by atoms with Crippen LogP contribution in [0.15, 0.2) is 48.5 Å². The lowest BCUT2D eigenvalue weighted by molar-refractivity contribution is -0.143. The van der Waals surface area contributed by atoms with Gasteiger partial charge in [-0.05, 0) is 42.2 Å². The first kappa shape index (κ1) is 24.0. The molecule has 0 saturated carbocycles. The molecular formula is C23H28Cl2N2O3. The maximum absolute atomic E-state index is 13.1. The van der Waals surface area contributed by atoms with Crippen molar-refractivity contribution in [2.24, 2.45) is 5.92 Å². The fourth-order valence-corrected chi connectivity index (χ4v) is 3.24. The summed E-state index contributed by atoms with van der Waals surface area (Å²) in [6.07, 6.45) is 0.475. The smallest absolute Gasteiger partial charge is 0.261 e. The van der Waals surface area contributed by atoms with Crippen LogP contribution in [0, 0.1) is 5.92 Å². The molecule has 2 rings (SSSR count). The molecule has 5 nitrogen and oxygen atoms in total. The summed E-state index contributed by atoms with van der Waals surface area (Å²) in [5, 5.41) is 3.77. The van der Waals surface area contributed by atoms with Crippen molar-refractivity contribution in [3.63, 3.8) is 0 Å². The van der Waals surface area contributed by atoms with Crippen LogP contribution in [0.1, 0.15) is 32.8 Å². The Bertz CT molecular complexity index is 844. The number of halogens is 2. The highest BCUT2D eigenvalue weighted by molar-refractivity contribution is 6.42. The van der Waals surface area contributed by atoms with Crippen molar-refractivity contribution in [1.29, 1.82) is 0 Å². The maximum Gasteiger partial charge on any atom is 0.261 e. The van der Waals surface area contributed by atoms with Gasteiger partial charge in [0, 0.05) is 13.1 Å². The van der Waals surface area contributed by atoms with Crippen LogP contribution in [0.3, 0.4) is 0 Å². The van der Waals surface area contributed by atoms with Crippen molar-refractivity contribution in [3.05, 3.63) is 64.1 Å². The van der Waals surface area contributed by atoms with Gasteiger partial charge in [0.2, 0.25) is 5.91 Å². The number of ether oxygens (including phenoxy) is 1.